The van der Waals surface area contributed by atoms with Gasteiger partial charge in [0.25, 0.3) is 11.4 Å². The molecule has 5 rings (SSSR count). The molecule has 0 amide bonds. The van der Waals surface area contributed by atoms with Crippen LogP contribution in [0.2, 0.25) is 0 Å². The number of hydrogen-bond acceptors (Lipinski definition) is 9. The summed E-state index contributed by atoms with van der Waals surface area (Å²) in [5.41, 5.74) is 0.876. The highest BCUT2D eigenvalue weighted by Crippen LogP contribution is 2.38. The maximum Gasteiger partial charge on any atom is 0.263 e. The van der Waals surface area contributed by atoms with Crippen molar-refractivity contribution in [3.63, 3.8) is 0 Å². The molecule has 5 aromatic heterocycles. The lowest BCUT2D eigenvalue weighted by Gasteiger charge is -2.12. The number of fused-ring (bicyclic) bond motifs is 1. The molecule has 6 nitrogen and oxygen atoms in total. The summed E-state index contributed by atoms with van der Waals surface area (Å²) in [6.07, 6.45) is 1.71. The number of nitrogens with zero attached hydrogens (tertiary/aromatic N) is 4. The fourth-order valence-electron chi connectivity index (χ4n) is 3.11. The van der Waals surface area contributed by atoms with Crippen molar-refractivity contribution in [1.29, 1.82) is 0 Å². The van der Waals surface area contributed by atoms with E-state index in [4.69, 9.17) is 9.40 Å². The van der Waals surface area contributed by atoms with Gasteiger partial charge in [-0.15, -0.1) is 50.8 Å². The normalized spacial score (nSPS) is 12.4. The molecule has 0 fully saturated rings. The van der Waals surface area contributed by atoms with Gasteiger partial charge in [-0.1, -0.05) is 30.0 Å². The Morgan fingerprint density at radius 2 is 1.97 bits per heavy atom. The molecule has 1 atom stereocenters. The molecule has 1 unspecified atom stereocenters. The van der Waals surface area contributed by atoms with Gasteiger partial charge in [0.05, 0.1) is 15.5 Å². The van der Waals surface area contributed by atoms with Gasteiger partial charge in [-0.3, -0.25) is 9.36 Å². The van der Waals surface area contributed by atoms with Gasteiger partial charge in [0.2, 0.25) is 5.89 Å². The SMILES string of the molecule is C=CCn1c(SC(C)c2nnc(-c3cccs3)o2)nc2scc(-c3cccs3)c2c1=O. The molecule has 5 heterocycles. The molecule has 0 N–H and O–H groups in total. The molecule has 10 heteroatoms. The average molecular weight is 485 g/mol. The molecule has 156 valence electrons. The van der Waals surface area contributed by atoms with Crippen LogP contribution in [0.15, 0.2) is 67.4 Å². The van der Waals surface area contributed by atoms with Gasteiger partial charge in [-0.05, 0) is 29.8 Å². The molecule has 0 bridgehead atoms. The van der Waals surface area contributed by atoms with Gasteiger partial charge in [-0.2, -0.15) is 0 Å². The van der Waals surface area contributed by atoms with E-state index in [9.17, 15) is 4.79 Å². The van der Waals surface area contributed by atoms with Gasteiger partial charge in [-0.25, -0.2) is 4.98 Å². The first-order valence-electron chi connectivity index (χ1n) is 9.36. The molecule has 5 aromatic rings. The van der Waals surface area contributed by atoms with Crippen LogP contribution in [-0.4, -0.2) is 19.7 Å². The van der Waals surface area contributed by atoms with Crippen molar-refractivity contribution < 1.29 is 4.42 Å². The predicted molar refractivity (Wildman–Crippen MR) is 129 cm³/mol. The van der Waals surface area contributed by atoms with Gasteiger partial charge < -0.3 is 4.42 Å². The third kappa shape index (κ3) is 3.80. The Kier molecular flexibility index (Phi) is 5.61. The quantitative estimate of drug-likeness (QED) is 0.152. The zero-order valence-electron chi connectivity index (χ0n) is 16.3. The Hall–Kier alpha value is -2.53. The summed E-state index contributed by atoms with van der Waals surface area (Å²) in [5.74, 6) is 1.00. The molecule has 31 heavy (non-hydrogen) atoms. The van der Waals surface area contributed by atoms with Crippen LogP contribution in [0, 0.1) is 0 Å². The Balaban J connectivity index is 1.53. The lowest BCUT2D eigenvalue weighted by molar-refractivity contribution is 0.509. The van der Waals surface area contributed by atoms with Crippen LogP contribution in [-0.2, 0) is 6.54 Å². The summed E-state index contributed by atoms with van der Waals surface area (Å²) >= 11 is 6.08. The van der Waals surface area contributed by atoms with Crippen LogP contribution in [0.25, 0.3) is 31.4 Å². The predicted octanol–water partition coefficient (Wildman–Crippen LogP) is 6.34. The second kappa shape index (κ2) is 8.54. The largest absolute Gasteiger partial charge is 0.419 e. The molecule has 0 saturated carbocycles. The summed E-state index contributed by atoms with van der Waals surface area (Å²) < 4.78 is 7.53. The fourth-order valence-corrected chi connectivity index (χ4v) is 6.50. The van der Waals surface area contributed by atoms with E-state index in [1.54, 1.807) is 33.3 Å². The smallest absolute Gasteiger partial charge is 0.263 e. The molecule has 0 radical (unpaired) electrons. The van der Waals surface area contributed by atoms with E-state index in [1.165, 1.54) is 23.1 Å². The topological polar surface area (TPSA) is 73.8 Å². The first kappa shape index (κ1) is 20.4. The van der Waals surface area contributed by atoms with E-state index in [-0.39, 0.29) is 10.8 Å². The van der Waals surface area contributed by atoms with E-state index in [1.807, 2.05) is 47.3 Å². The van der Waals surface area contributed by atoms with Crippen LogP contribution in [0.1, 0.15) is 18.1 Å². The standard InChI is InChI=1S/C21H16N4O2S4/c1-3-8-25-20(26)16-13(14-6-4-9-28-14)11-30-19(16)22-21(25)31-12(2)17-23-24-18(27-17)15-7-5-10-29-15/h3-7,9-12H,1,8H2,2H3. The van der Waals surface area contributed by atoms with Crippen molar-refractivity contribution in [2.75, 3.05) is 0 Å². The monoisotopic (exact) mass is 484 g/mol. The summed E-state index contributed by atoms with van der Waals surface area (Å²) in [4.78, 5) is 21.0. The highest BCUT2D eigenvalue weighted by atomic mass is 32.2. The minimum atomic E-state index is -0.168. The van der Waals surface area contributed by atoms with Gasteiger partial charge in [0.15, 0.2) is 5.16 Å². The Morgan fingerprint density at radius 1 is 1.19 bits per heavy atom. The van der Waals surface area contributed by atoms with Crippen molar-refractivity contribution in [3.05, 3.63) is 69.3 Å². The maximum absolute atomic E-state index is 13.4. The average Bonchev–Trinajstić information content (AvgIpc) is 3.55. The Morgan fingerprint density at radius 3 is 2.68 bits per heavy atom. The zero-order valence-corrected chi connectivity index (χ0v) is 19.6. The minimum Gasteiger partial charge on any atom is -0.419 e. The number of thioether (sulfide) groups is 1. The van der Waals surface area contributed by atoms with Crippen LogP contribution in [0.5, 0.6) is 0 Å². The lowest BCUT2D eigenvalue weighted by Crippen LogP contribution is -2.22. The number of thiophene rings is 3. The Bertz CT molecular complexity index is 1400. The number of hydrogen-bond donors (Lipinski definition) is 0. The van der Waals surface area contributed by atoms with Crippen molar-refractivity contribution >= 4 is 56.0 Å². The Labute approximate surface area is 193 Å². The maximum atomic E-state index is 13.4. The summed E-state index contributed by atoms with van der Waals surface area (Å²) in [5, 5.41) is 15.4. The molecule has 0 aliphatic carbocycles. The minimum absolute atomic E-state index is 0.0611. The van der Waals surface area contributed by atoms with Gasteiger partial charge >= 0.3 is 0 Å². The second-order valence-corrected chi connectivity index (χ2v) is 10.6. The second-order valence-electron chi connectivity index (χ2n) is 6.59. The fraction of sp³-hybridized carbons (Fsp3) is 0.143. The van der Waals surface area contributed by atoms with Gasteiger partial charge in [0, 0.05) is 22.4 Å². The van der Waals surface area contributed by atoms with Crippen LogP contribution in [0.4, 0.5) is 0 Å². The van der Waals surface area contributed by atoms with E-state index >= 15 is 0 Å². The third-order valence-electron chi connectivity index (χ3n) is 4.56. The van der Waals surface area contributed by atoms with Crippen LogP contribution >= 0.6 is 45.8 Å². The first-order chi connectivity index (χ1) is 15.2. The van der Waals surface area contributed by atoms with E-state index in [2.05, 4.69) is 16.8 Å². The summed E-state index contributed by atoms with van der Waals surface area (Å²) in [6.45, 7) is 6.16. The van der Waals surface area contributed by atoms with Crippen LogP contribution < -0.4 is 5.56 Å². The van der Waals surface area contributed by atoms with E-state index in [0.29, 0.717) is 28.9 Å². The number of rotatable bonds is 7. The zero-order chi connectivity index (χ0) is 21.4. The van der Waals surface area contributed by atoms with E-state index < -0.39 is 0 Å². The van der Waals surface area contributed by atoms with Crippen molar-refractivity contribution in [3.8, 4) is 21.2 Å². The lowest BCUT2D eigenvalue weighted by atomic mass is 10.2. The van der Waals surface area contributed by atoms with Crippen molar-refractivity contribution in [1.82, 2.24) is 19.7 Å². The van der Waals surface area contributed by atoms with Crippen molar-refractivity contribution in [2.45, 2.75) is 23.9 Å². The number of aromatic nitrogens is 4. The summed E-state index contributed by atoms with van der Waals surface area (Å²) in [7, 11) is 0. The first-order valence-corrected chi connectivity index (χ1v) is 12.9. The molecule has 0 aliphatic heterocycles. The van der Waals surface area contributed by atoms with E-state index in [0.717, 1.165) is 20.1 Å². The summed E-state index contributed by atoms with van der Waals surface area (Å²) in [6, 6.07) is 7.90. The van der Waals surface area contributed by atoms with Gasteiger partial charge in [0.1, 0.15) is 4.83 Å². The van der Waals surface area contributed by atoms with Crippen LogP contribution in [0.3, 0.4) is 0 Å². The molecule has 0 saturated heterocycles. The highest BCUT2D eigenvalue weighted by molar-refractivity contribution is 7.99. The molecule has 0 aromatic carbocycles. The number of allylic oxidation sites excluding steroid dienone is 1. The van der Waals surface area contributed by atoms with Crippen molar-refractivity contribution in [2.24, 2.45) is 0 Å². The molecule has 0 spiro atoms. The molecular weight excluding hydrogens is 469 g/mol. The highest BCUT2D eigenvalue weighted by Gasteiger charge is 2.22. The molecule has 0 aliphatic rings. The molecular formula is C21H16N4O2S4. The third-order valence-corrected chi connectivity index (χ3v) is 8.27.